The summed E-state index contributed by atoms with van der Waals surface area (Å²) in [6.07, 6.45) is -1.46. The molecule has 1 heterocycles. The van der Waals surface area contributed by atoms with Crippen LogP contribution in [0.2, 0.25) is 5.02 Å². The number of anilines is 2. The number of alkyl halides is 3. The predicted molar refractivity (Wildman–Crippen MR) is 89.6 cm³/mol. The van der Waals surface area contributed by atoms with Crippen molar-refractivity contribution in [2.45, 2.75) is 23.6 Å². The zero-order chi connectivity index (χ0) is 20.5. The zero-order valence-electron chi connectivity index (χ0n) is 13.5. The summed E-state index contributed by atoms with van der Waals surface area (Å²) in [5.74, 6) is -1.84. The van der Waals surface area contributed by atoms with Gasteiger partial charge in [-0.1, -0.05) is 11.6 Å². The molecule has 8 nitrogen and oxygen atoms in total. The van der Waals surface area contributed by atoms with Crippen molar-refractivity contribution < 1.29 is 31.5 Å². The molecule has 0 bridgehead atoms. The SMILES string of the molecule is C[C@@](O)(C(=O)Nc1ccc(S(=O)(=O)Nc2cnccn2)cc1Cl)C(F)(F)F. The van der Waals surface area contributed by atoms with Crippen molar-refractivity contribution in [1.82, 2.24) is 9.97 Å². The van der Waals surface area contributed by atoms with E-state index in [1.807, 2.05) is 0 Å². The Hall–Kier alpha value is -2.44. The number of halogens is 4. The molecule has 0 spiro atoms. The van der Waals surface area contributed by atoms with Crippen molar-refractivity contribution in [1.29, 1.82) is 0 Å². The maximum Gasteiger partial charge on any atom is 0.426 e. The summed E-state index contributed by atoms with van der Waals surface area (Å²) in [6, 6.07) is 2.90. The fraction of sp³-hybridized carbons (Fsp3) is 0.214. The minimum atomic E-state index is -5.21. The van der Waals surface area contributed by atoms with Crippen molar-refractivity contribution in [2.24, 2.45) is 0 Å². The average Bonchev–Trinajstić information content (AvgIpc) is 2.56. The number of amides is 1. The predicted octanol–water partition coefficient (Wildman–Crippen LogP) is 2.18. The van der Waals surface area contributed by atoms with Crippen LogP contribution in [0, 0.1) is 0 Å². The van der Waals surface area contributed by atoms with Gasteiger partial charge in [0.1, 0.15) is 0 Å². The van der Waals surface area contributed by atoms with Crippen LogP contribution in [0.5, 0.6) is 0 Å². The fourth-order valence-corrected chi connectivity index (χ4v) is 3.00. The number of nitrogens with one attached hydrogen (secondary N) is 2. The summed E-state index contributed by atoms with van der Waals surface area (Å²) in [5.41, 5.74) is -3.97. The minimum Gasteiger partial charge on any atom is -0.373 e. The first-order chi connectivity index (χ1) is 12.3. The van der Waals surface area contributed by atoms with E-state index in [1.54, 1.807) is 5.32 Å². The summed E-state index contributed by atoms with van der Waals surface area (Å²) in [4.78, 5) is 18.8. The highest BCUT2D eigenvalue weighted by atomic mass is 35.5. The molecule has 0 aliphatic rings. The third-order valence-corrected chi connectivity index (χ3v) is 4.96. The highest BCUT2D eigenvalue weighted by molar-refractivity contribution is 7.92. The first kappa shape index (κ1) is 20.9. The lowest BCUT2D eigenvalue weighted by atomic mass is 10.1. The molecular formula is C14H12ClF3N4O4S. The summed E-state index contributed by atoms with van der Waals surface area (Å²) in [7, 11) is -4.11. The van der Waals surface area contributed by atoms with Crippen LogP contribution in [0.1, 0.15) is 6.92 Å². The van der Waals surface area contributed by atoms with Crippen LogP contribution in [-0.2, 0) is 14.8 Å². The van der Waals surface area contributed by atoms with Gasteiger partial charge in [-0.2, -0.15) is 13.2 Å². The van der Waals surface area contributed by atoms with Gasteiger partial charge >= 0.3 is 6.18 Å². The lowest BCUT2D eigenvalue weighted by molar-refractivity contribution is -0.242. The Bertz CT molecular complexity index is 953. The minimum absolute atomic E-state index is 0.0628. The van der Waals surface area contributed by atoms with Gasteiger partial charge < -0.3 is 10.4 Å². The van der Waals surface area contributed by atoms with E-state index >= 15 is 0 Å². The van der Waals surface area contributed by atoms with E-state index in [4.69, 9.17) is 11.6 Å². The Morgan fingerprint density at radius 2 is 1.93 bits per heavy atom. The Balaban J connectivity index is 2.24. The van der Waals surface area contributed by atoms with E-state index in [-0.39, 0.29) is 28.3 Å². The molecule has 1 amide bonds. The number of benzene rings is 1. The van der Waals surface area contributed by atoms with Crippen LogP contribution in [0.3, 0.4) is 0 Å². The molecule has 0 saturated carbocycles. The van der Waals surface area contributed by atoms with E-state index < -0.39 is 27.7 Å². The molecule has 3 N–H and O–H groups in total. The highest BCUT2D eigenvalue weighted by Gasteiger charge is 2.55. The van der Waals surface area contributed by atoms with E-state index in [0.717, 1.165) is 24.4 Å². The number of hydrogen-bond donors (Lipinski definition) is 3. The number of nitrogens with zero attached hydrogens (tertiary/aromatic N) is 2. The Labute approximate surface area is 156 Å². The number of rotatable bonds is 5. The molecule has 1 aromatic carbocycles. The van der Waals surface area contributed by atoms with Crippen molar-refractivity contribution in [3.63, 3.8) is 0 Å². The standard InChI is InChI=1S/C14H12ClF3N4O4S/c1-13(24,14(16,17)18)12(23)21-10-3-2-8(6-9(10)15)27(25,26)22-11-7-19-4-5-20-11/h2-7,24H,1H3,(H,20,22)(H,21,23)/t13-/m1/s1. The molecule has 0 radical (unpaired) electrons. The lowest BCUT2D eigenvalue weighted by Gasteiger charge is -2.25. The van der Waals surface area contributed by atoms with Gasteiger partial charge in [-0.3, -0.25) is 14.5 Å². The maximum atomic E-state index is 12.7. The largest absolute Gasteiger partial charge is 0.426 e. The number of carbonyl (C=O) groups excluding carboxylic acids is 1. The average molecular weight is 425 g/mol. The molecule has 0 aliphatic heterocycles. The number of aliphatic hydroxyl groups is 1. The molecule has 2 rings (SSSR count). The van der Waals surface area contributed by atoms with Crippen LogP contribution in [0.15, 0.2) is 41.7 Å². The molecule has 0 fully saturated rings. The molecule has 1 aromatic heterocycles. The van der Waals surface area contributed by atoms with Crippen LogP contribution in [-0.4, -0.2) is 41.2 Å². The number of sulfonamides is 1. The van der Waals surface area contributed by atoms with Gasteiger partial charge in [0.2, 0.25) is 5.60 Å². The van der Waals surface area contributed by atoms with E-state index in [9.17, 15) is 31.5 Å². The number of hydrogen-bond acceptors (Lipinski definition) is 6. The normalized spacial score (nSPS) is 14.3. The van der Waals surface area contributed by atoms with Gasteiger partial charge in [0.05, 0.1) is 21.8 Å². The topological polar surface area (TPSA) is 121 Å². The van der Waals surface area contributed by atoms with Gasteiger partial charge in [-0.05, 0) is 25.1 Å². The Kier molecular flexibility index (Phi) is 5.63. The molecule has 146 valence electrons. The third-order valence-electron chi connectivity index (χ3n) is 3.30. The van der Waals surface area contributed by atoms with Crippen LogP contribution < -0.4 is 10.0 Å². The fourth-order valence-electron chi connectivity index (χ4n) is 1.69. The molecule has 27 heavy (non-hydrogen) atoms. The van der Waals surface area contributed by atoms with Crippen LogP contribution in [0.25, 0.3) is 0 Å². The van der Waals surface area contributed by atoms with Crippen LogP contribution >= 0.6 is 11.6 Å². The molecule has 0 aliphatic carbocycles. The van der Waals surface area contributed by atoms with Gasteiger partial charge in [-0.25, -0.2) is 13.4 Å². The smallest absolute Gasteiger partial charge is 0.373 e. The quantitative estimate of drug-likeness (QED) is 0.676. The zero-order valence-corrected chi connectivity index (χ0v) is 15.0. The molecule has 13 heteroatoms. The summed E-state index contributed by atoms with van der Waals surface area (Å²) in [5, 5.41) is 10.8. The molecule has 2 aromatic rings. The highest BCUT2D eigenvalue weighted by Crippen LogP contribution is 2.32. The van der Waals surface area contributed by atoms with E-state index in [2.05, 4.69) is 14.7 Å². The van der Waals surface area contributed by atoms with Crippen molar-refractivity contribution in [3.05, 3.63) is 41.8 Å². The molecule has 0 saturated heterocycles. The third kappa shape index (κ3) is 4.64. The maximum absolute atomic E-state index is 12.7. The van der Waals surface area contributed by atoms with Gasteiger partial charge in [0.15, 0.2) is 5.82 Å². The molecule has 0 unspecified atom stereocenters. The second-order valence-electron chi connectivity index (χ2n) is 5.36. The molecule has 1 atom stereocenters. The summed E-state index contributed by atoms with van der Waals surface area (Å²) >= 11 is 5.85. The lowest BCUT2D eigenvalue weighted by Crippen LogP contribution is -2.52. The van der Waals surface area contributed by atoms with Crippen molar-refractivity contribution in [2.75, 3.05) is 10.0 Å². The summed E-state index contributed by atoms with van der Waals surface area (Å²) < 4.78 is 64.7. The Morgan fingerprint density at radius 3 is 2.44 bits per heavy atom. The van der Waals surface area contributed by atoms with Crippen LogP contribution in [0.4, 0.5) is 24.7 Å². The van der Waals surface area contributed by atoms with Gasteiger partial charge in [0.25, 0.3) is 15.9 Å². The number of carbonyl (C=O) groups is 1. The first-order valence-electron chi connectivity index (χ1n) is 7.03. The van der Waals surface area contributed by atoms with E-state index in [1.165, 1.54) is 12.4 Å². The second kappa shape index (κ2) is 7.29. The molecular weight excluding hydrogens is 413 g/mol. The second-order valence-corrected chi connectivity index (χ2v) is 7.45. The Morgan fingerprint density at radius 1 is 1.26 bits per heavy atom. The summed E-state index contributed by atoms with van der Waals surface area (Å²) in [6.45, 7) is 0.278. The van der Waals surface area contributed by atoms with E-state index in [0.29, 0.717) is 0 Å². The van der Waals surface area contributed by atoms with Gasteiger partial charge in [-0.15, -0.1) is 0 Å². The van der Waals surface area contributed by atoms with Gasteiger partial charge in [0, 0.05) is 12.4 Å². The van der Waals surface area contributed by atoms with Crippen molar-refractivity contribution >= 4 is 39.0 Å². The van der Waals surface area contributed by atoms with Crippen molar-refractivity contribution in [3.8, 4) is 0 Å². The monoisotopic (exact) mass is 424 g/mol. The first-order valence-corrected chi connectivity index (χ1v) is 8.89. The number of aromatic nitrogens is 2.